The second kappa shape index (κ2) is 7.45. The van der Waals surface area contributed by atoms with Crippen LogP contribution in [0.4, 0.5) is 0 Å². The lowest BCUT2D eigenvalue weighted by Gasteiger charge is -2.05. The van der Waals surface area contributed by atoms with E-state index in [2.05, 4.69) is 44.3 Å². The van der Waals surface area contributed by atoms with Crippen LogP contribution < -0.4 is 5.73 Å². The number of aliphatic imine (C=N–C) groups is 1. The molecule has 0 amide bonds. The van der Waals surface area contributed by atoms with Crippen LogP contribution in [-0.2, 0) is 6.42 Å². The first-order chi connectivity index (χ1) is 13.2. The number of allylic oxidation sites excluding steroid dienone is 1. The molecule has 0 spiro atoms. The highest BCUT2D eigenvalue weighted by atomic mass is 32.2. The summed E-state index contributed by atoms with van der Waals surface area (Å²) in [7, 11) is 1.72. The summed E-state index contributed by atoms with van der Waals surface area (Å²) < 4.78 is 1.81. The molecule has 0 aliphatic heterocycles. The zero-order chi connectivity index (χ0) is 18.8. The van der Waals surface area contributed by atoms with E-state index >= 15 is 0 Å². The van der Waals surface area contributed by atoms with Crippen molar-refractivity contribution in [3.63, 3.8) is 0 Å². The Balaban J connectivity index is 1.70. The van der Waals surface area contributed by atoms with E-state index in [1.165, 1.54) is 18.0 Å². The molecule has 27 heavy (non-hydrogen) atoms. The summed E-state index contributed by atoms with van der Waals surface area (Å²) in [6.45, 7) is 2.08. The maximum atomic E-state index is 5.71. The number of pyridine rings is 1. The zero-order valence-electron chi connectivity index (χ0n) is 14.8. The summed E-state index contributed by atoms with van der Waals surface area (Å²) in [6, 6.07) is 8.17. The van der Waals surface area contributed by atoms with Crippen molar-refractivity contribution in [2.75, 3.05) is 7.05 Å². The maximum Gasteiger partial charge on any atom is 0.235 e. The van der Waals surface area contributed by atoms with Crippen molar-refractivity contribution in [1.29, 1.82) is 0 Å². The lowest BCUT2D eigenvalue weighted by Crippen LogP contribution is -1.93. The fourth-order valence-corrected chi connectivity index (χ4v) is 4.29. The van der Waals surface area contributed by atoms with Crippen molar-refractivity contribution >= 4 is 50.8 Å². The lowest BCUT2D eigenvalue weighted by molar-refractivity contribution is 0.799. The number of hydrogen-bond donors (Lipinski definition) is 1. The predicted octanol–water partition coefficient (Wildman–Crippen LogP) is 3.45. The van der Waals surface area contributed by atoms with E-state index in [1.807, 2.05) is 12.1 Å². The topological polar surface area (TPSA) is 94.3 Å². The van der Waals surface area contributed by atoms with Crippen LogP contribution in [0.1, 0.15) is 17.5 Å². The molecule has 3 aromatic heterocycles. The van der Waals surface area contributed by atoms with Crippen molar-refractivity contribution in [2.45, 2.75) is 23.4 Å². The molecule has 1 aromatic carbocycles. The number of rotatable bonds is 5. The summed E-state index contributed by atoms with van der Waals surface area (Å²) in [5.41, 5.74) is 8.39. The molecule has 0 saturated heterocycles. The van der Waals surface area contributed by atoms with E-state index in [4.69, 9.17) is 5.73 Å². The van der Waals surface area contributed by atoms with Crippen molar-refractivity contribution in [1.82, 2.24) is 24.8 Å². The molecule has 0 saturated carbocycles. The summed E-state index contributed by atoms with van der Waals surface area (Å²) >= 11 is 3.10. The molecule has 7 nitrogen and oxygen atoms in total. The molecule has 9 heteroatoms. The molecule has 0 aliphatic carbocycles. The Kier molecular flexibility index (Phi) is 4.87. The Morgan fingerprint density at radius 3 is 3.00 bits per heavy atom. The van der Waals surface area contributed by atoms with Crippen LogP contribution >= 0.6 is 23.1 Å². The molecule has 0 unspecified atom stereocenters. The molecule has 0 atom stereocenters. The van der Waals surface area contributed by atoms with Gasteiger partial charge in [0.1, 0.15) is 5.01 Å². The van der Waals surface area contributed by atoms with Gasteiger partial charge in [-0.2, -0.15) is 9.61 Å². The van der Waals surface area contributed by atoms with Crippen LogP contribution in [0.3, 0.4) is 0 Å². The van der Waals surface area contributed by atoms with Gasteiger partial charge in [0.15, 0.2) is 0 Å². The lowest BCUT2D eigenvalue weighted by atomic mass is 10.1. The van der Waals surface area contributed by atoms with Gasteiger partial charge in [0.25, 0.3) is 0 Å². The van der Waals surface area contributed by atoms with Gasteiger partial charge in [0.2, 0.25) is 10.1 Å². The van der Waals surface area contributed by atoms with Gasteiger partial charge in [-0.1, -0.05) is 18.3 Å². The minimum absolute atomic E-state index is 0.755. The van der Waals surface area contributed by atoms with Crippen molar-refractivity contribution in [2.24, 2.45) is 10.7 Å². The van der Waals surface area contributed by atoms with Gasteiger partial charge in [-0.05, 0) is 42.4 Å². The highest BCUT2D eigenvalue weighted by Gasteiger charge is 2.12. The third-order valence-electron chi connectivity index (χ3n) is 3.95. The number of benzene rings is 1. The third kappa shape index (κ3) is 3.43. The number of hydrogen-bond acceptors (Lipinski definition) is 8. The number of fused-ring (bicyclic) bond motifs is 2. The molecule has 3 heterocycles. The van der Waals surface area contributed by atoms with Crippen LogP contribution in [0.5, 0.6) is 0 Å². The summed E-state index contributed by atoms with van der Waals surface area (Å²) in [6.07, 6.45) is 5.95. The molecular formula is C18H17N7S2. The largest absolute Gasteiger partial charge is 0.404 e. The highest BCUT2D eigenvalue weighted by Crippen LogP contribution is 2.30. The quantitative estimate of drug-likeness (QED) is 0.520. The second-order valence-electron chi connectivity index (χ2n) is 5.72. The monoisotopic (exact) mass is 395 g/mol. The molecule has 4 aromatic rings. The first-order valence-corrected chi connectivity index (χ1v) is 9.98. The summed E-state index contributed by atoms with van der Waals surface area (Å²) in [4.78, 5) is 10.4. The second-order valence-corrected chi connectivity index (χ2v) is 7.80. The predicted molar refractivity (Wildman–Crippen MR) is 110 cm³/mol. The molecular weight excluding hydrogens is 378 g/mol. The van der Waals surface area contributed by atoms with E-state index < -0.39 is 0 Å². The van der Waals surface area contributed by atoms with E-state index in [1.54, 1.807) is 35.3 Å². The molecule has 2 N–H and O–H groups in total. The van der Waals surface area contributed by atoms with Gasteiger partial charge in [0, 0.05) is 47.1 Å². The van der Waals surface area contributed by atoms with Crippen LogP contribution in [0.15, 0.2) is 51.7 Å². The van der Waals surface area contributed by atoms with Gasteiger partial charge in [-0.15, -0.1) is 10.2 Å². The molecule has 0 bridgehead atoms. The fourth-order valence-electron chi connectivity index (χ4n) is 2.63. The minimum atomic E-state index is 0.755. The average molecular weight is 396 g/mol. The molecule has 4 rings (SSSR count). The van der Waals surface area contributed by atoms with Crippen LogP contribution in [-0.4, -0.2) is 38.1 Å². The van der Waals surface area contributed by atoms with Crippen LogP contribution in [0.25, 0.3) is 21.4 Å². The molecule has 0 aliphatic rings. The van der Waals surface area contributed by atoms with Gasteiger partial charge in [-0.3, -0.25) is 9.98 Å². The van der Waals surface area contributed by atoms with Gasteiger partial charge >= 0.3 is 0 Å². The Hall–Kier alpha value is -2.78. The minimum Gasteiger partial charge on any atom is -0.404 e. The van der Waals surface area contributed by atoms with E-state index in [-0.39, 0.29) is 0 Å². The van der Waals surface area contributed by atoms with E-state index in [0.717, 1.165) is 48.5 Å². The normalized spacial score (nSPS) is 12.6. The SMILES string of the molecule is CCc1nn2c(Sc3ccc4ncc(C(C=NC)=CN)cc4c3)nnc2s1. The fraction of sp³-hybridized carbons (Fsp3) is 0.167. The first kappa shape index (κ1) is 17.6. The van der Waals surface area contributed by atoms with Gasteiger partial charge in [0.05, 0.1) is 5.52 Å². The molecule has 136 valence electrons. The standard InChI is InChI=1S/C18H17N7S2/c1-3-16-24-25-17(22-23-18(25)27-16)26-14-4-5-15-11(7-14)6-12(10-21-15)13(8-19)9-20-2/h4-10H,3,19H2,1-2H3. The maximum absolute atomic E-state index is 5.71. The van der Waals surface area contributed by atoms with Gasteiger partial charge < -0.3 is 5.73 Å². The average Bonchev–Trinajstić information content (AvgIpc) is 3.27. The highest BCUT2D eigenvalue weighted by molar-refractivity contribution is 7.99. The van der Waals surface area contributed by atoms with E-state index in [0.29, 0.717) is 0 Å². The van der Waals surface area contributed by atoms with E-state index in [9.17, 15) is 0 Å². The Labute approximate surface area is 164 Å². The smallest absolute Gasteiger partial charge is 0.235 e. The zero-order valence-corrected chi connectivity index (χ0v) is 16.5. The summed E-state index contributed by atoms with van der Waals surface area (Å²) in [5.74, 6) is 0. The Bertz CT molecular complexity index is 1170. The number of aryl methyl sites for hydroxylation is 1. The Morgan fingerprint density at radius 2 is 2.22 bits per heavy atom. The van der Waals surface area contributed by atoms with Crippen molar-refractivity contribution in [3.05, 3.63) is 47.2 Å². The van der Waals surface area contributed by atoms with Crippen molar-refractivity contribution in [3.8, 4) is 0 Å². The van der Waals surface area contributed by atoms with Gasteiger partial charge in [-0.25, -0.2) is 0 Å². The Morgan fingerprint density at radius 1 is 1.33 bits per heavy atom. The number of nitrogens with zero attached hydrogens (tertiary/aromatic N) is 6. The summed E-state index contributed by atoms with van der Waals surface area (Å²) in [5, 5.41) is 15.9. The third-order valence-corrected chi connectivity index (χ3v) is 5.92. The first-order valence-electron chi connectivity index (χ1n) is 8.35. The molecule has 0 fully saturated rings. The van der Waals surface area contributed by atoms with Crippen LogP contribution in [0, 0.1) is 0 Å². The van der Waals surface area contributed by atoms with Crippen LogP contribution in [0.2, 0.25) is 0 Å². The number of aromatic nitrogens is 5. The molecule has 0 radical (unpaired) electrons. The number of nitrogens with two attached hydrogens (primary N) is 1. The van der Waals surface area contributed by atoms with Crippen molar-refractivity contribution < 1.29 is 0 Å².